The molecule has 0 fully saturated rings. The lowest BCUT2D eigenvalue weighted by molar-refractivity contribution is -0.132. The van der Waals surface area contributed by atoms with E-state index < -0.39 is 12.6 Å². The first-order valence-corrected chi connectivity index (χ1v) is 7.61. The van der Waals surface area contributed by atoms with E-state index in [0.717, 1.165) is 18.4 Å². The van der Waals surface area contributed by atoms with Crippen LogP contribution in [0.1, 0.15) is 18.4 Å². The first kappa shape index (κ1) is 23.6. The second-order valence-corrected chi connectivity index (χ2v) is 5.08. The van der Waals surface area contributed by atoms with Crippen LogP contribution in [0.25, 0.3) is 0 Å². The van der Waals surface area contributed by atoms with Crippen molar-refractivity contribution in [2.75, 3.05) is 34.4 Å². The predicted molar refractivity (Wildman–Crippen MR) is 103 cm³/mol. The molecule has 1 rings (SSSR count). The quantitative estimate of drug-likeness (QED) is 0.262. The van der Waals surface area contributed by atoms with Crippen LogP contribution in [0.15, 0.2) is 23.2 Å². The van der Waals surface area contributed by atoms with Crippen molar-refractivity contribution in [3.8, 4) is 11.5 Å². The highest BCUT2D eigenvalue weighted by Crippen LogP contribution is 2.27. The summed E-state index contributed by atoms with van der Waals surface area (Å²) in [6, 6.07) is 5.71. The van der Waals surface area contributed by atoms with E-state index in [1.54, 1.807) is 14.2 Å². The van der Waals surface area contributed by atoms with Gasteiger partial charge in [-0.25, -0.2) is 0 Å². The lowest BCUT2D eigenvalue weighted by Crippen LogP contribution is -2.39. The van der Waals surface area contributed by atoms with E-state index in [1.807, 2.05) is 18.2 Å². The van der Waals surface area contributed by atoms with Crippen molar-refractivity contribution in [2.24, 2.45) is 4.99 Å². The summed E-state index contributed by atoms with van der Waals surface area (Å²) in [6.45, 7) is 0.402. The van der Waals surface area contributed by atoms with Crippen LogP contribution < -0.4 is 20.1 Å². The number of methoxy groups -OCH3 is 2. The molecule has 0 unspecified atom stereocenters. The Hall–Kier alpha value is -1.39. The lowest BCUT2D eigenvalue weighted by atomic mass is 10.1. The van der Waals surface area contributed by atoms with Crippen LogP contribution in [-0.2, 0) is 6.42 Å². The van der Waals surface area contributed by atoms with Gasteiger partial charge in [0, 0.05) is 20.1 Å². The van der Waals surface area contributed by atoms with Crippen LogP contribution in [0.4, 0.5) is 13.2 Å². The smallest absolute Gasteiger partial charge is 0.390 e. The van der Waals surface area contributed by atoms with Gasteiger partial charge >= 0.3 is 6.18 Å². The topological polar surface area (TPSA) is 54.9 Å². The molecule has 0 saturated heterocycles. The van der Waals surface area contributed by atoms with Gasteiger partial charge in [0.1, 0.15) is 0 Å². The van der Waals surface area contributed by atoms with Crippen molar-refractivity contribution in [1.82, 2.24) is 10.6 Å². The molecule has 0 saturated carbocycles. The summed E-state index contributed by atoms with van der Waals surface area (Å²) in [5.74, 6) is 1.72. The zero-order chi connectivity index (χ0) is 18.0. The van der Waals surface area contributed by atoms with Gasteiger partial charge in [-0.05, 0) is 30.5 Å². The summed E-state index contributed by atoms with van der Waals surface area (Å²) >= 11 is 0. The Bertz CT molecular complexity index is 540. The average molecular weight is 475 g/mol. The number of rotatable bonds is 8. The van der Waals surface area contributed by atoms with E-state index in [-0.39, 0.29) is 30.5 Å². The molecule has 0 heterocycles. The van der Waals surface area contributed by atoms with E-state index in [1.165, 1.54) is 7.05 Å². The number of hydrogen-bond donors (Lipinski definition) is 2. The summed E-state index contributed by atoms with van der Waals surface area (Å²) in [4.78, 5) is 3.89. The van der Waals surface area contributed by atoms with Crippen LogP contribution in [0.2, 0.25) is 0 Å². The number of ether oxygens (including phenoxy) is 2. The number of alkyl halides is 3. The Balaban J connectivity index is 0.00000576. The molecule has 0 atom stereocenters. The van der Waals surface area contributed by atoms with Gasteiger partial charge in [-0.15, -0.1) is 24.0 Å². The molecule has 2 N–H and O–H groups in total. The molecule has 0 amide bonds. The van der Waals surface area contributed by atoms with Gasteiger partial charge in [0.25, 0.3) is 0 Å². The first-order chi connectivity index (χ1) is 11.4. The van der Waals surface area contributed by atoms with Gasteiger partial charge in [-0.1, -0.05) is 6.07 Å². The van der Waals surface area contributed by atoms with E-state index in [4.69, 9.17) is 9.47 Å². The van der Waals surface area contributed by atoms with Crippen molar-refractivity contribution in [1.29, 1.82) is 0 Å². The minimum absolute atomic E-state index is 0. The highest BCUT2D eigenvalue weighted by Gasteiger charge is 2.26. The summed E-state index contributed by atoms with van der Waals surface area (Å²) in [7, 11) is 4.69. The summed E-state index contributed by atoms with van der Waals surface area (Å²) in [6.07, 6.45) is -3.46. The van der Waals surface area contributed by atoms with Crippen molar-refractivity contribution in [3.63, 3.8) is 0 Å². The lowest BCUT2D eigenvalue weighted by Gasteiger charge is -2.13. The number of benzene rings is 1. The van der Waals surface area contributed by atoms with Crippen LogP contribution in [0.3, 0.4) is 0 Å². The zero-order valence-corrected chi connectivity index (χ0v) is 16.9. The monoisotopic (exact) mass is 475 g/mol. The van der Waals surface area contributed by atoms with Crippen LogP contribution in [0.5, 0.6) is 11.5 Å². The second-order valence-electron chi connectivity index (χ2n) is 5.08. The SMILES string of the molecule is CN=C(NCCCc1ccc(OC)c(OC)c1)NCCC(F)(F)F.I. The summed E-state index contributed by atoms with van der Waals surface area (Å²) in [5, 5.41) is 5.63. The molecule has 144 valence electrons. The fourth-order valence-electron chi connectivity index (χ4n) is 2.08. The van der Waals surface area contributed by atoms with Crippen molar-refractivity contribution in [2.45, 2.75) is 25.4 Å². The number of aliphatic imine (C=N–C) groups is 1. The van der Waals surface area contributed by atoms with Gasteiger partial charge < -0.3 is 20.1 Å². The van der Waals surface area contributed by atoms with Gasteiger partial charge in [-0.3, -0.25) is 4.99 Å². The van der Waals surface area contributed by atoms with Gasteiger partial charge in [-0.2, -0.15) is 13.2 Å². The Morgan fingerprint density at radius 1 is 1.08 bits per heavy atom. The minimum atomic E-state index is -4.17. The zero-order valence-electron chi connectivity index (χ0n) is 14.6. The van der Waals surface area contributed by atoms with Crippen LogP contribution in [-0.4, -0.2) is 46.5 Å². The number of hydrogen-bond acceptors (Lipinski definition) is 3. The fraction of sp³-hybridized carbons (Fsp3) is 0.562. The van der Waals surface area contributed by atoms with Crippen LogP contribution >= 0.6 is 24.0 Å². The Labute approximate surface area is 163 Å². The molecule has 0 aliphatic heterocycles. The molecule has 0 aliphatic carbocycles. The molecule has 5 nitrogen and oxygen atoms in total. The summed E-state index contributed by atoms with van der Waals surface area (Å²) < 4.78 is 46.7. The molecular formula is C16H25F3IN3O2. The second kappa shape index (κ2) is 12.0. The molecule has 25 heavy (non-hydrogen) atoms. The van der Waals surface area contributed by atoms with E-state index >= 15 is 0 Å². The van der Waals surface area contributed by atoms with E-state index in [0.29, 0.717) is 24.0 Å². The predicted octanol–water partition coefficient (Wildman–Crippen LogP) is 3.37. The third-order valence-corrected chi connectivity index (χ3v) is 3.31. The number of nitrogens with one attached hydrogen (secondary N) is 2. The molecule has 0 aromatic heterocycles. The fourth-order valence-corrected chi connectivity index (χ4v) is 2.08. The van der Waals surface area contributed by atoms with Crippen LogP contribution in [0, 0.1) is 0 Å². The molecule has 0 bridgehead atoms. The molecular weight excluding hydrogens is 450 g/mol. The largest absolute Gasteiger partial charge is 0.493 e. The summed E-state index contributed by atoms with van der Waals surface area (Å²) in [5.41, 5.74) is 1.09. The molecule has 1 aromatic carbocycles. The Morgan fingerprint density at radius 2 is 1.72 bits per heavy atom. The third-order valence-electron chi connectivity index (χ3n) is 3.31. The maximum Gasteiger partial charge on any atom is 0.390 e. The molecule has 0 spiro atoms. The van der Waals surface area contributed by atoms with Gasteiger partial charge in [0.05, 0.1) is 20.6 Å². The molecule has 9 heteroatoms. The maximum atomic E-state index is 12.1. The minimum Gasteiger partial charge on any atom is -0.493 e. The highest BCUT2D eigenvalue weighted by atomic mass is 127. The first-order valence-electron chi connectivity index (χ1n) is 7.61. The Morgan fingerprint density at radius 3 is 2.28 bits per heavy atom. The third kappa shape index (κ3) is 9.61. The molecule has 0 aliphatic rings. The van der Waals surface area contributed by atoms with Crippen molar-refractivity contribution >= 4 is 29.9 Å². The Kier molecular flexibility index (Phi) is 11.4. The number of aryl methyl sites for hydroxylation is 1. The van der Waals surface area contributed by atoms with Crippen molar-refractivity contribution in [3.05, 3.63) is 23.8 Å². The maximum absolute atomic E-state index is 12.1. The number of guanidine groups is 1. The van der Waals surface area contributed by atoms with E-state index in [9.17, 15) is 13.2 Å². The van der Waals surface area contributed by atoms with Crippen molar-refractivity contribution < 1.29 is 22.6 Å². The van der Waals surface area contributed by atoms with E-state index in [2.05, 4.69) is 15.6 Å². The normalized spacial score (nSPS) is 11.5. The van der Waals surface area contributed by atoms with Gasteiger partial charge in [0.2, 0.25) is 0 Å². The molecule has 0 radical (unpaired) electrons. The highest BCUT2D eigenvalue weighted by molar-refractivity contribution is 14.0. The average Bonchev–Trinajstić information content (AvgIpc) is 2.55. The standard InChI is InChI=1S/C16H24F3N3O2.HI/c1-20-15(22-10-8-16(17,18)19)21-9-4-5-12-6-7-13(23-2)14(11-12)24-3;/h6-7,11H,4-5,8-10H2,1-3H3,(H2,20,21,22);1H. The molecule has 1 aromatic rings. The number of halogens is 4. The van der Waals surface area contributed by atoms with Gasteiger partial charge in [0.15, 0.2) is 17.5 Å². The number of nitrogens with zero attached hydrogens (tertiary/aromatic N) is 1.